The summed E-state index contributed by atoms with van der Waals surface area (Å²) in [7, 11) is 0. The predicted molar refractivity (Wildman–Crippen MR) is 96.5 cm³/mol. The molecule has 4 bridgehead atoms. The van der Waals surface area contributed by atoms with E-state index in [9.17, 15) is 22.8 Å². The minimum Gasteiger partial charge on any atom is -0.465 e. The quantitative estimate of drug-likeness (QED) is 0.771. The number of amides is 1. The Hall–Kier alpha value is -2.26. The summed E-state index contributed by atoms with van der Waals surface area (Å²) in [5.41, 5.74) is -1.13. The van der Waals surface area contributed by atoms with Crippen LogP contribution in [0.3, 0.4) is 0 Å². The monoisotopic (exact) mass is 412 g/mol. The zero-order chi connectivity index (χ0) is 20.4. The number of carbonyl (C=O) groups excluding carboxylic acids is 1. The molecule has 5 fully saturated rings. The summed E-state index contributed by atoms with van der Waals surface area (Å²) >= 11 is 0. The van der Waals surface area contributed by atoms with Gasteiger partial charge in [-0.2, -0.15) is 9.37 Å². The average Bonchev–Trinajstić information content (AvgIpc) is 2.58. The molecule has 1 amide bonds. The molecule has 0 unspecified atom stereocenters. The summed E-state index contributed by atoms with van der Waals surface area (Å²) in [5.74, 6) is -3.43. The third-order valence-corrected chi connectivity index (χ3v) is 6.77. The molecule has 1 aromatic heterocycles. The number of ether oxygens (including phenoxy) is 1. The van der Waals surface area contributed by atoms with E-state index in [-0.39, 0.29) is 11.4 Å². The molecule has 5 aliphatic rings. The standard InChI is InChI=1S/C19H23F3N4O3/c20-14-15(26-8-19(21,22)9-26)23-17(28)24-16(14)29-7-13(27)25-18-4-10-1-11(5-18)3-12(2-10)6-18/h10-12H,1-9H2,(H,25,27)(H,23,24,28). The highest BCUT2D eigenvalue weighted by Gasteiger charge is 2.51. The third-order valence-electron chi connectivity index (χ3n) is 6.77. The third kappa shape index (κ3) is 3.46. The Bertz CT molecular complexity index is 860. The molecule has 7 nitrogen and oxygen atoms in total. The first-order valence-electron chi connectivity index (χ1n) is 10.1. The van der Waals surface area contributed by atoms with Crippen LogP contribution in [0.1, 0.15) is 38.5 Å². The number of nitrogens with one attached hydrogen (secondary N) is 2. The molecule has 0 atom stereocenters. The van der Waals surface area contributed by atoms with Gasteiger partial charge in [0.2, 0.25) is 5.82 Å². The summed E-state index contributed by atoms with van der Waals surface area (Å²) in [6, 6.07) is 0. The van der Waals surface area contributed by atoms with Gasteiger partial charge in [0.25, 0.3) is 17.7 Å². The van der Waals surface area contributed by atoms with E-state index >= 15 is 0 Å². The lowest BCUT2D eigenvalue weighted by atomic mass is 9.53. The number of alkyl halides is 2. The van der Waals surface area contributed by atoms with Gasteiger partial charge in [-0.15, -0.1) is 0 Å². The van der Waals surface area contributed by atoms with Crippen LogP contribution in [0.2, 0.25) is 0 Å². The minimum atomic E-state index is -2.93. The number of aromatic amines is 1. The molecule has 6 rings (SSSR count). The molecular formula is C19H23F3N4O3. The number of H-pyrrole nitrogens is 1. The Labute approximate surface area is 165 Å². The maximum atomic E-state index is 14.6. The zero-order valence-corrected chi connectivity index (χ0v) is 15.8. The molecule has 1 aliphatic heterocycles. The van der Waals surface area contributed by atoms with E-state index in [4.69, 9.17) is 4.74 Å². The van der Waals surface area contributed by atoms with E-state index in [0.29, 0.717) is 17.8 Å². The minimum absolute atomic E-state index is 0.205. The van der Waals surface area contributed by atoms with Gasteiger partial charge >= 0.3 is 5.69 Å². The van der Waals surface area contributed by atoms with E-state index < -0.39 is 48.8 Å². The van der Waals surface area contributed by atoms with E-state index in [2.05, 4.69) is 15.3 Å². The first kappa shape index (κ1) is 18.7. The maximum Gasteiger partial charge on any atom is 0.349 e. The first-order valence-corrected chi connectivity index (χ1v) is 10.1. The Kier molecular flexibility index (Phi) is 4.12. The fourth-order valence-corrected chi connectivity index (χ4v) is 6.14. The number of nitrogens with zero attached hydrogens (tertiary/aromatic N) is 2. The van der Waals surface area contributed by atoms with Crippen LogP contribution in [0.15, 0.2) is 4.79 Å². The molecule has 0 radical (unpaired) electrons. The molecular weight excluding hydrogens is 389 g/mol. The van der Waals surface area contributed by atoms with Gasteiger partial charge in [-0.1, -0.05) is 0 Å². The molecule has 2 heterocycles. The van der Waals surface area contributed by atoms with E-state index in [0.717, 1.165) is 24.2 Å². The second kappa shape index (κ2) is 6.37. The number of rotatable bonds is 5. The summed E-state index contributed by atoms with van der Waals surface area (Å²) in [4.78, 5) is 30.7. The molecule has 29 heavy (non-hydrogen) atoms. The molecule has 1 aromatic rings. The van der Waals surface area contributed by atoms with Crippen LogP contribution in [0.4, 0.5) is 19.0 Å². The summed E-state index contributed by atoms with van der Waals surface area (Å²) in [6.07, 6.45) is 6.63. The fraction of sp³-hybridized carbons (Fsp3) is 0.737. The van der Waals surface area contributed by atoms with Crippen molar-refractivity contribution in [3.63, 3.8) is 0 Å². The van der Waals surface area contributed by atoms with E-state index in [1.54, 1.807) is 0 Å². The van der Waals surface area contributed by atoms with Gasteiger partial charge in [0.15, 0.2) is 12.4 Å². The van der Waals surface area contributed by atoms with Gasteiger partial charge in [-0.05, 0) is 56.3 Å². The fourth-order valence-electron chi connectivity index (χ4n) is 6.14. The van der Waals surface area contributed by atoms with Crippen LogP contribution in [0.5, 0.6) is 5.88 Å². The molecule has 4 saturated carbocycles. The van der Waals surface area contributed by atoms with Gasteiger partial charge in [0.1, 0.15) is 0 Å². The number of aromatic nitrogens is 2. The van der Waals surface area contributed by atoms with Gasteiger partial charge in [-0.25, -0.2) is 13.6 Å². The highest BCUT2D eigenvalue weighted by atomic mass is 19.3. The lowest BCUT2D eigenvalue weighted by Crippen LogP contribution is -2.60. The van der Waals surface area contributed by atoms with Crippen molar-refractivity contribution >= 4 is 11.7 Å². The van der Waals surface area contributed by atoms with Crippen LogP contribution in [-0.2, 0) is 4.79 Å². The van der Waals surface area contributed by atoms with Crippen molar-refractivity contribution in [1.29, 1.82) is 0 Å². The van der Waals surface area contributed by atoms with Crippen LogP contribution in [-0.4, -0.2) is 47.0 Å². The number of carbonyl (C=O) groups is 1. The van der Waals surface area contributed by atoms with Crippen molar-refractivity contribution in [3.8, 4) is 5.88 Å². The lowest BCUT2D eigenvalue weighted by Gasteiger charge is -2.56. The van der Waals surface area contributed by atoms with Crippen LogP contribution >= 0.6 is 0 Å². The van der Waals surface area contributed by atoms with Gasteiger partial charge < -0.3 is 15.0 Å². The maximum absolute atomic E-state index is 14.6. The molecule has 2 N–H and O–H groups in total. The van der Waals surface area contributed by atoms with Gasteiger partial charge in [0.05, 0.1) is 13.1 Å². The molecule has 0 aromatic carbocycles. The molecule has 1 saturated heterocycles. The largest absolute Gasteiger partial charge is 0.465 e. The Morgan fingerprint density at radius 1 is 1.17 bits per heavy atom. The summed E-state index contributed by atoms with van der Waals surface area (Å²) < 4.78 is 45.9. The van der Waals surface area contributed by atoms with Crippen molar-refractivity contribution in [1.82, 2.24) is 15.3 Å². The molecule has 4 aliphatic carbocycles. The lowest BCUT2D eigenvalue weighted by molar-refractivity contribution is -0.129. The van der Waals surface area contributed by atoms with Crippen molar-refractivity contribution in [2.24, 2.45) is 17.8 Å². The summed E-state index contributed by atoms with van der Waals surface area (Å²) in [5, 5.41) is 3.09. The van der Waals surface area contributed by atoms with Crippen molar-refractivity contribution < 1.29 is 22.7 Å². The van der Waals surface area contributed by atoms with E-state index in [1.165, 1.54) is 19.3 Å². The second-order valence-corrected chi connectivity index (χ2v) is 9.26. The number of hydrogen-bond donors (Lipinski definition) is 2. The second-order valence-electron chi connectivity index (χ2n) is 9.26. The average molecular weight is 412 g/mol. The smallest absolute Gasteiger partial charge is 0.349 e. The van der Waals surface area contributed by atoms with Crippen molar-refractivity contribution in [2.45, 2.75) is 50.0 Å². The topological polar surface area (TPSA) is 87.3 Å². The van der Waals surface area contributed by atoms with Gasteiger partial charge in [0, 0.05) is 5.54 Å². The SMILES string of the molecule is O=C(COc1nc(=O)[nH]c(N2CC(F)(F)C2)c1F)NC12CC3CC(CC(C3)C1)C2. The Morgan fingerprint density at radius 2 is 1.76 bits per heavy atom. The van der Waals surface area contributed by atoms with Crippen molar-refractivity contribution in [3.05, 3.63) is 16.3 Å². The molecule has 10 heteroatoms. The number of halogens is 3. The zero-order valence-electron chi connectivity index (χ0n) is 15.8. The Morgan fingerprint density at radius 3 is 2.31 bits per heavy atom. The van der Waals surface area contributed by atoms with Crippen molar-refractivity contribution in [2.75, 3.05) is 24.6 Å². The Balaban J connectivity index is 1.24. The van der Waals surface area contributed by atoms with Crippen LogP contribution in [0, 0.1) is 23.6 Å². The molecule has 158 valence electrons. The number of hydrogen-bond acceptors (Lipinski definition) is 5. The highest BCUT2D eigenvalue weighted by molar-refractivity contribution is 5.78. The van der Waals surface area contributed by atoms with Crippen LogP contribution in [0.25, 0.3) is 0 Å². The van der Waals surface area contributed by atoms with Crippen LogP contribution < -0.4 is 20.6 Å². The highest BCUT2D eigenvalue weighted by Crippen LogP contribution is 2.55. The normalized spacial score (nSPS) is 34.0. The summed E-state index contributed by atoms with van der Waals surface area (Å²) in [6.45, 7) is -1.88. The predicted octanol–water partition coefficient (Wildman–Crippen LogP) is 1.83. The van der Waals surface area contributed by atoms with Gasteiger partial charge in [-0.3, -0.25) is 9.78 Å². The number of anilines is 1. The van der Waals surface area contributed by atoms with E-state index in [1.807, 2.05) is 0 Å². The molecule has 0 spiro atoms. The first-order chi connectivity index (χ1) is 13.7.